The Labute approximate surface area is 164 Å². The Hall–Kier alpha value is -1.55. The van der Waals surface area contributed by atoms with Crippen molar-refractivity contribution in [2.45, 2.75) is 29.5 Å². The molecule has 0 radical (unpaired) electrons. The van der Waals surface area contributed by atoms with E-state index in [-0.39, 0.29) is 12.5 Å². The first-order valence-electron chi connectivity index (χ1n) is 9.04. The first-order valence-corrected chi connectivity index (χ1v) is 11.7. The second kappa shape index (κ2) is 8.64. The third-order valence-corrected chi connectivity index (χ3v) is 7.48. The van der Waals surface area contributed by atoms with Gasteiger partial charge in [0.25, 0.3) is 0 Å². The van der Waals surface area contributed by atoms with E-state index in [1.165, 1.54) is 11.8 Å². The Bertz CT molecular complexity index is 852. The van der Waals surface area contributed by atoms with Gasteiger partial charge in [-0.2, -0.15) is 0 Å². The second-order valence-corrected chi connectivity index (χ2v) is 10.1. The van der Waals surface area contributed by atoms with E-state index in [2.05, 4.69) is 38.8 Å². The summed E-state index contributed by atoms with van der Waals surface area (Å²) >= 11 is 0.974. The average molecular weight is 411 g/mol. The summed E-state index contributed by atoms with van der Waals surface area (Å²) in [4.78, 5) is 4.37. The molecular weight excluding hydrogens is 384 g/mol. The van der Waals surface area contributed by atoms with Gasteiger partial charge in [-0.3, -0.25) is 4.90 Å². The highest BCUT2D eigenvalue weighted by molar-refractivity contribution is 7.92. The van der Waals surface area contributed by atoms with Crippen molar-refractivity contribution in [2.24, 2.45) is 0 Å². The van der Waals surface area contributed by atoms with E-state index >= 15 is 0 Å². The number of nitrogens with zero attached hydrogens (tertiary/aromatic N) is 4. The van der Waals surface area contributed by atoms with Crippen LogP contribution in [0.5, 0.6) is 0 Å². The smallest absolute Gasteiger partial charge is 0.188 e. The first-order chi connectivity index (χ1) is 12.9. The molecule has 3 rings (SSSR count). The van der Waals surface area contributed by atoms with Crippen LogP contribution in [0.2, 0.25) is 0 Å². The highest BCUT2D eigenvalue weighted by Crippen LogP contribution is 2.32. The molecule has 148 valence electrons. The number of sulfone groups is 1. The zero-order valence-corrected chi connectivity index (χ0v) is 17.3. The molecule has 1 saturated heterocycles. The second-order valence-electron chi connectivity index (χ2n) is 7.10. The topological polar surface area (TPSA) is 86.6 Å². The van der Waals surface area contributed by atoms with Crippen molar-refractivity contribution in [3.63, 3.8) is 0 Å². The van der Waals surface area contributed by atoms with Crippen LogP contribution < -0.4 is 4.90 Å². The van der Waals surface area contributed by atoms with Crippen molar-refractivity contribution in [1.29, 1.82) is 0 Å². The lowest BCUT2D eigenvalue weighted by molar-refractivity contribution is 0.197. The molecule has 1 aliphatic rings. The Morgan fingerprint density at radius 1 is 1.33 bits per heavy atom. The fourth-order valence-electron chi connectivity index (χ4n) is 3.51. The molecule has 0 saturated carbocycles. The van der Waals surface area contributed by atoms with Gasteiger partial charge in [-0.25, -0.2) is 8.42 Å². The van der Waals surface area contributed by atoms with E-state index in [4.69, 9.17) is 5.11 Å². The lowest BCUT2D eigenvalue weighted by Crippen LogP contribution is -2.34. The number of piperidine rings is 1. The molecule has 7 nitrogen and oxygen atoms in total. The van der Waals surface area contributed by atoms with Gasteiger partial charge in [0.2, 0.25) is 0 Å². The van der Waals surface area contributed by atoms with E-state index in [0.717, 1.165) is 49.7 Å². The number of anilines is 1. The minimum Gasteiger partial charge on any atom is -0.395 e. The Balaban J connectivity index is 1.66. The number of aliphatic hydroxyl groups is 1. The lowest BCUT2D eigenvalue weighted by Gasteiger charge is -2.32. The molecule has 1 N–H and O–H groups in total. The molecule has 27 heavy (non-hydrogen) atoms. The number of aliphatic hydroxyl groups excluding tert-OH is 1. The summed E-state index contributed by atoms with van der Waals surface area (Å²) in [6.45, 7) is 3.35. The molecule has 1 fully saturated rings. The van der Waals surface area contributed by atoms with Gasteiger partial charge >= 0.3 is 0 Å². The van der Waals surface area contributed by atoms with Crippen LogP contribution in [0, 0.1) is 0 Å². The minimum atomic E-state index is -3.28. The van der Waals surface area contributed by atoms with Gasteiger partial charge in [0.05, 0.1) is 12.3 Å². The molecule has 1 atom stereocenters. The fourth-order valence-corrected chi connectivity index (χ4v) is 5.24. The maximum Gasteiger partial charge on any atom is 0.188 e. The normalized spacial score (nSPS) is 18.6. The van der Waals surface area contributed by atoms with Crippen LogP contribution in [0.1, 0.15) is 30.0 Å². The molecule has 1 aromatic heterocycles. The van der Waals surface area contributed by atoms with Gasteiger partial charge in [0, 0.05) is 56.1 Å². The SMILES string of the molecule is CN(CCO)c1ccc(CN2CCC[C@H](c3nnsc3S(C)(=O)=O)C2)cc1. The van der Waals surface area contributed by atoms with Crippen LogP contribution in [-0.2, 0) is 16.4 Å². The fraction of sp³-hybridized carbons (Fsp3) is 0.556. The molecule has 0 spiro atoms. The van der Waals surface area contributed by atoms with E-state index in [9.17, 15) is 8.42 Å². The third-order valence-electron chi connectivity index (χ3n) is 4.93. The highest BCUT2D eigenvalue weighted by Gasteiger charge is 2.29. The molecule has 0 aliphatic carbocycles. The summed E-state index contributed by atoms with van der Waals surface area (Å²) in [5, 5.41) is 13.2. The predicted molar refractivity (Wildman–Crippen MR) is 107 cm³/mol. The van der Waals surface area contributed by atoms with Crippen LogP contribution in [0.3, 0.4) is 0 Å². The molecule has 1 aliphatic heterocycles. The van der Waals surface area contributed by atoms with Crippen molar-refractivity contribution in [3.8, 4) is 0 Å². The molecule has 0 amide bonds. The van der Waals surface area contributed by atoms with Crippen LogP contribution in [0.15, 0.2) is 28.5 Å². The van der Waals surface area contributed by atoms with Crippen LogP contribution in [-0.4, -0.2) is 67.6 Å². The molecule has 0 bridgehead atoms. The summed E-state index contributed by atoms with van der Waals surface area (Å²) in [5.74, 6) is 0.109. The number of hydrogen-bond donors (Lipinski definition) is 1. The summed E-state index contributed by atoms with van der Waals surface area (Å²) in [5.41, 5.74) is 2.93. The number of likely N-dealkylation sites (N-methyl/N-ethyl adjacent to an activating group) is 1. The van der Waals surface area contributed by atoms with Crippen molar-refractivity contribution >= 4 is 27.1 Å². The van der Waals surface area contributed by atoms with Gasteiger partial charge in [0.1, 0.15) is 0 Å². The predicted octanol–water partition coefficient (Wildman–Crippen LogP) is 1.75. The molecule has 9 heteroatoms. The van der Waals surface area contributed by atoms with E-state index in [1.54, 1.807) is 0 Å². The summed E-state index contributed by atoms with van der Waals surface area (Å²) < 4.78 is 28.1. The van der Waals surface area contributed by atoms with Gasteiger partial charge in [-0.1, -0.05) is 16.6 Å². The van der Waals surface area contributed by atoms with E-state index in [0.29, 0.717) is 16.4 Å². The number of aromatic nitrogens is 2. The Morgan fingerprint density at radius 2 is 2.07 bits per heavy atom. The standard InChI is InChI=1S/C18H26N4O3S2/c1-21(10-11-23)16-7-5-14(6-8-16)12-22-9-3-4-15(13-22)17-18(26-20-19-17)27(2,24)25/h5-8,15,23H,3-4,9-13H2,1-2H3/t15-/m0/s1. The maximum atomic E-state index is 12.0. The van der Waals surface area contributed by atoms with Crippen molar-refractivity contribution in [1.82, 2.24) is 14.5 Å². The van der Waals surface area contributed by atoms with Gasteiger partial charge in [-0.15, -0.1) is 5.10 Å². The maximum absolute atomic E-state index is 12.0. The van der Waals surface area contributed by atoms with E-state index in [1.807, 2.05) is 11.9 Å². The van der Waals surface area contributed by atoms with Crippen LogP contribution in [0.25, 0.3) is 0 Å². The zero-order valence-electron chi connectivity index (χ0n) is 15.7. The Morgan fingerprint density at radius 3 is 2.74 bits per heavy atom. The van der Waals surface area contributed by atoms with Gasteiger partial charge < -0.3 is 10.0 Å². The van der Waals surface area contributed by atoms with Crippen molar-refractivity contribution < 1.29 is 13.5 Å². The average Bonchev–Trinajstić information content (AvgIpc) is 3.13. The minimum absolute atomic E-state index is 0.109. The molecule has 2 aromatic rings. The molecule has 2 heterocycles. The highest BCUT2D eigenvalue weighted by atomic mass is 32.2. The largest absolute Gasteiger partial charge is 0.395 e. The number of hydrogen-bond acceptors (Lipinski definition) is 8. The zero-order chi connectivity index (χ0) is 19.4. The van der Waals surface area contributed by atoms with Crippen LogP contribution >= 0.6 is 11.5 Å². The van der Waals surface area contributed by atoms with Crippen LogP contribution in [0.4, 0.5) is 5.69 Å². The van der Waals surface area contributed by atoms with Crippen molar-refractivity contribution in [2.75, 3.05) is 44.4 Å². The number of benzene rings is 1. The molecular formula is C18H26N4O3S2. The summed E-state index contributed by atoms with van der Waals surface area (Å²) in [6, 6.07) is 8.36. The monoisotopic (exact) mass is 410 g/mol. The van der Waals surface area contributed by atoms with Gasteiger partial charge in [0.15, 0.2) is 14.0 Å². The third kappa shape index (κ3) is 5.04. The van der Waals surface area contributed by atoms with Gasteiger partial charge in [-0.05, 0) is 37.1 Å². The van der Waals surface area contributed by atoms with Crippen molar-refractivity contribution in [3.05, 3.63) is 35.5 Å². The summed E-state index contributed by atoms with van der Waals surface area (Å²) in [7, 11) is -1.32. The molecule has 1 aromatic carbocycles. The quantitative estimate of drug-likeness (QED) is 0.744. The Kier molecular flexibility index (Phi) is 6.46. The first kappa shape index (κ1) is 20.2. The lowest BCUT2D eigenvalue weighted by atomic mass is 9.95. The number of rotatable bonds is 7. The summed E-state index contributed by atoms with van der Waals surface area (Å²) in [6.07, 6.45) is 3.18. The van der Waals surface area contributed by atoms with E-state index < -0.39 is 9.84 Å². The molecule has 0 unspecified atom stereocenters. The number of likely N-dealkylation sites (tertiary alicyclic amines) is 1.